The Bertz CT molecular complexity index is 911. The zero-order chi connectivity index (χ0) is 20.3. The zero-order valence-electron chi connectivity index (χ0n) is 15.9. The molecule has 6 unspecified atom stereocenters. The first-order chi connectivity index (χ1) is 12.9. The predicted octanol–water partition coefficient (Wildman–Crippen LogP) is 0.839. The summed E-state index contributed by atoms with van der Waals surface area (Å²) in [4.78, 5) is 50.9. The maximum Gasteiger partial charge on any atom is 0.340 e. The summed E-state index contributed by atoms with van der Waals surface area (Å²) >= 11 is 0. The number of allylic oxidation sites excluding steroid dienone is 2. The zero-order valence-corrected chi connectivity index (χ0v) is 15.9. The fourth-order valence-corrected chi connectivity index (χ4v) is 5.06. The van der Waals surface area contributed by atoms with Gasteiger partial charge in [0.25, 0.3) is 11.6 Å². The summed E-state index contributed by atoms with van der Waals surface area (Å²) in [5, 5.41) is 0. The number of Topliss-reactive ketones (excluding diaryl/α,β-unsaturated/α-hetero) is 1. The first-order valence-electron chi connectivity index (χ1n) is 9.27. The Morgan fingerprint density at radius 2 is 1.36 bits per heavy atom. The fourth-order valence-electron chi connectivity index (χ4n) is 5.06. The summed E-state index contributed by atoms with van der Waals surface area (Å²) in [5.41, 5.74) is -2.64. The van der Waals surface area contributed by atoms with Crippen molar-refractivity contribution in [1.82, 2.24) is 0 Å². The van der Waals surface area contributed by atoms with Crippen molar-refractivity contribution in [2.45, 2.75) is 50.5 Å². The molecule has 4 aliphatic carbocycles. The number of esters is 2. The largest absolute Gasteiger partial charge is 0.422 e. The second-order valence-corrected chi connectivity index (χ2v) is 8.97. The molecule has 0 radical (unpaired) electrons. The molecular formula is C20H20O8. The minimum Gasteiger partial charge on any atom is -0.422 e. The molecule has 6 rings (SSSR count). The van der Waals surface area contributed by atoms with Crippen LogP contribution < -0.4 is 0 Å². The molecule has 0 aromatic heterocycles. The Labute approximate surface area is 160 Å². The van der Waals surface area contributed by atoms with E-state index < -0.39 is 64.2 Å². The summed E-state index contributed by atoms with van der Waals surface area (Å²) in [5.74, 6) is -8.69. The first-order valence-corrected chi connectivity index (χ1v) is 9.27. The van der Waals surface area contributed by atoms with Gasteiger partial charge in [-0.1, -0.05) is 18.2 Å². The maximum atomic E-state index is 13.3. The highest BCUT2D eigenvalue weighted by Gasteiger charge is 2.76. The van der Waals surface area contributed by atoms with Gasteiger partial charge in [-0.25, -0.2) is 9.59 Å². The molecule has 6 atom stereocenters. The van der Waals surface area contributed by atoms with E-state index in [1.165, 1.54) is 33.8 Å². The molecule has 2 bridgehead atoms. The number of hydrogen-bond acceptors (Lipinski definition) is 8. The Kier molecular flexibility index (Phi) is 3.05. The molecule has 28 heavy (non-hydrogen) atoms. The van der Waals surface area contributed by atoms with E-state index in [1.54, 1.807) is 18.2 Å². The van der Waals surface area contributed by atoms with Crippen LogP contribution in [0, 0.1) is 23.7 Å². The lowest BCUT2D eigenvalue weighted by atomic mass is 9.54. The molecule has 8 heteroatoms. The highest BCUT2D eigenvalue weighted by atomic mass is 16.8. The standard InChI is InChI=1S/C20H20O8/c1-17(2)15(23)25-19(27-17)11-7-5-10(14(19)22)9-6-8-12(21)20(13(9)11)26-16(24)18(3,4)28-20/h5-11,13H,1-4H3. The van der Waals surface area contributed by atoms with Crippen molar-refractivity contribution in [2.24, 2.45) is 23.7 Å². The second kappa shape index (κ2) is 4.80. The van der Waals surface area contributed by atoms with Crippen LogP contribution in [0.3, 0.4) is 0 Å². The van der Waals surface area contributed by atoms with Gasteiger partial charge in [0.05, 0.1) is 11.8 Å². The highest BCUT2D eigenvalue weighted by molar-refractivity contribution is 6.03. The molecular weight excluding hydrogens is 368 g/mol. The maximum absolute atomic E-state index is 13.3. The normalized spacial score (nSPS) is 47.0. The minimum absolute atomic E-state index is 0.377. The van der Waals surface area contributed by atoms with Crippen LogP contribution in [-0.4, -0.2) is 46.3 Å². The molecule has 2 heterocycles. The van der Waals surface area contributed by atoms with Crippen molar-refractivity contribution in [2.75, 3.05) is 0 Å². The van der Waals surface area contributed by atoms with Gasteiger partial charge in [0.2, 0.25) is 11.6 Å². The first kappa shape index (κ1) is 17.8. The fraction of sp³-hybridized carbons (Fsp3) is 0.600. The van der Waals surface area contributed by atoms with Crippen LogP contribution in [0.5, 0.6) is 0 Å². The Hall–Kier alpha value is -2.32. The average molecular weight is 388 g/mol. The topological polar surface area (TPSA) is 105 Å². The Morgan fingerprint density at radius 1 is 0.786 bits per heavy atom. The Morgan fingerprint density at radius 3 is 1.89 bits per heavy atom. The summed E-state index contributed by atoms with van der Waals surface area (Å²) in [6.45, 7) is 6.10. The van der Waals surface area contributed by atoms with Gasteiger partial charge >= 0.3 is 11.9 Å². The molecule has 2 spiro atoms. The van der Waals surface area contributed by atoms with Crippen LogP contribution >= 0.6 is 0 Å². The van der Waals surface area contributed by atoms with Crippen LogP contribution in [0.15, 0.2) is 24.3 Å². The lowest BCUT2D eigenvalue weighted by Gasteiger charge is -2.54. The molecule has 3 fully saturated rings. The minimum atomic E-state index is -1.89. The van der Waals surface area contributed by atoms with E-state index in [0.717, 1.165) is 0 Å². The van der Waals surface area contributed by atoms with Crippen molar-refractivity contribution in [3.63, 3.8) is 0 Å². The summed E-state index contributed by atoms with van der Waals surface area (Å²) < 4.78 is 22.9. The van der Waals surface area contributed by atoms with Gasteiger partial charge in [-0.15, -0.1) is 0 Å². The molecule has 1 saturated carbocycles. The third-order valence-electron chi connectivity index (χ3n) is 6.36. The van der Waals surface area contributed by atoms with Gasteiger partial charge < -0.3 is 18.9 Å². The third-order valence-corrected chi connectivity index (χ3v) is 6.36. The third kappa shape index (κ3) is 1.83. The van der Waals surface area contributed by atoms with Crippen molar-refractivity contribution in [1.29, 1.82) is 0 Å². The van der Waals surface area contributed by atoms with E-state index >= 15 is 0 Å². The van der Waals surface area contributed by atoms with Crippen molar-refractivity contribution < 1.29 is 38.1 Å². The number of ether oxygens (including phenoxy) is 4. The average Bonchev–Trinajstić information content (AvgIpc) is 2.99. The number of hydrogen-bond donors (Lipinski definition) is 0. The summed E-state index contributed by atoms with van der Waals surface area (Å²) in [7, 11) is 0. The van der Waals surface area contributed by atoms with Crippen LogP contribution in [0.25, 0.3) is 0 Å². The van der Waals surface area contributed by atoms with Gasteiger partial charge in [-0.05, 0) is 33.8 Å². The van der Waals surface area contributed by atoms with Gasteiger partial charge in [0, 0.05) is 11.8 Å². The molecule has 0 amide bonds. The smallest absolute Gasteiger partial charge is 0.340 e. The van der Waals surface area contributed by atoms with Crippen LogP contribution in [-0.2, 0) is 38.1 Å². The molecule has 2 aliphatic heterocycles. The summed E-state index contributed by atoms with van der Waals surface area (Å²) in [6.07, 6.45) is 6.39. The lowest BCUT2D eigenvalue weighted by molar-refractivity contribution is -0.276. The van der Waals surface area contributed by atoms with Gasteiger partial charge in [-0.3, -0.25) is 9.59 Å². The second-order valence-electron chi connectivity index (χ2n) is 8.97. The number of carbonyl (C=O) groups is 4. The number of rotatable bonds is 0. The lowest BCUT2D eigenvalue weighted by Crippen LogP contribution is -2.69. The van der Waals surface area contributed by atoms with Gasteiger partial charge in [0.1, 0.15) is 0 Å². The predicted molar refractivity (Wildman–Crippen MR) is 90.2 cm³/mol. The molecule has 6 aliphatic rings. The van der Waals surface area contributed by atoms with Crippen molar-refractivity contribution in [3.05, 3.63) is 24.3 Å². The van der Waals surface area contributed by atoms with E-state index in [0.29, 0.717) is 0 Å². The van der Waals surface area contributed by atoms with Crippen molar-refractivity contribution >= 4 is 23.5 Å². The van der Waals surface area contributed by atoms with E-state index in [-0.39, 0.29) is 5.78 Å². The molecule has 148 valence electrons. The van der Waals surface area contributed by atoms with Crippen LogP contribution in [0.4, 0.5) is 0 Å². The monoisotopic (exact) mass is 388 g/mol. The summed E-state index contributed by atoms with van der Waals surface area (Å²) in [6, 6.07) is 0. The van der Waals surface area contributed by atoms with E-state index in [1.807, 2.05) is 0 Å². The number of ketones is 2. The molecule has 8 nitrogen and oxygen atoms in total. The molecule has 0 N–H and O–H groups in total. The van der Waals surface area contributed by atoms with E-state index in [4.69, 9.17) is 18.9 Å². The SMILES string of the molecule is CC1(C)OC2(OC1=O)C(=O)C1C=CC2C2C1C=CC(=O)C21OC(=O)C(C)(C)O1. The van der Waals surface area contributed by atoms with Gasteiger partial charge in [-0.2, -0.15) is 0 Å². The molecule has 2 saturated heterocycles. The highest BCUT2D eigenvalue weighted by Crippen LogP contribution is 2.60. The van der Waals surface area contributed by atoms with E-state index in [2.05, 4.69) is 0 Å². The molecule has 0 aromatic rings. The van der Waals surface area contributed by atoms with Crippen LogP contribution in [0.1, 0.15) is 27.7 Å². The Balaban J connectivity index is 1.68. The number of carbonyl (C=O) groups excluding carboxylic acids is 4. The quantitative estimate of drug-likeness (QED) is 0.444. The van der Waals surface area contributed by atoms with Crippen LogP contribution in [0.2, 0.25) is 0 Å². The molecule has 0 aromatic carbocycles. The van der Waals surface area contributed by atoms with Crippen molar-refractivity contribution in [3.8, 4) is 0 Å². The van der Waals surface area contributed by atoms with Gasteiger partial charge in [0.15, 0.2) is 11.2 Å². The van der Waals surface area contributed by atoms with E-state index in [9.17, 15) is 19.2 Å².